The zero-order chi connectivity index (χ0) is 18.3. The molecule has 0 aromatic heterocycles. The molecule has 0 fully saturated rings. The molecule has 0 bridgehead atoms. The molecule has 0 saturated carbocycles. The van der Waals surface area contributed by atoms with Crippen molar-refractivity contribution in [2.45, 2.75) is 26.1 Å². The van der Waals surface area contributed by atoms with E-state index in [-0.39, 0.29) is 12.2 Å². The highest BCUT2D eigenvalue weighted by Gasteiger charge is 2.32. The SMILES string of the molecule is CCO[C@H]1C(Cl)=Cc2cccc3c2-c2c1cccc2[C@@H](OCC)C(Cl)=C3. The highest BCUT2D eigenvalue weighted by atomic mass is 35.5. The summed E-state index contributed by atoms with van der Waals surface area (Å²) >= 11 is 13.4. The van der Waals surface area contributed by atoms with Crippen LogP contribution in [0.5, 0.6) is 0 Å². The maximum Gasteiger partial charge on any atom is 0.119 e. The summed E-state index contributed by atoms with van der Waals surface area (Å²) in [5.41, 5.74) is 6.51. The van der Waals surface area contributed by atoms with Crippen LogP contribution in [0.25, 0.3) is 23.3 Å². The molecule has 2 aromatic carbocycles. The molecule has 0 heterocycles. The standard InChI is InChI=1S/C22H20Cl2O2/c1-3-25-21-15-9-6-10-16-20(15)19-13(11-17(21)23)7-5-8-14(19)12-18(24)22(16)26-4-2/h5-12,21-22H,3-4H2,1-2H3/t21-,22-/m1/s1. The minimum atomic E-state index is -0.295. The van der Waals surface area contributed by atoms with Crippen molar-refractivity contribution in [1.29, 1.82) is 0 Å². The molecule has 0 amide bonds. The quantitative estimate of drug-likeness (QED) is 0.582. The lowest BCUT2D eigenvalue weighted by atomic mass is 9.88. The van der Waals surface area contributed by atoms with Crippen LogP contribution < -0.4 is 0 Å². The van der Waals surface area contributed by atoms with Gasteiger partial charge >= 0.3 is 0 Å². The van der Waals surface area contributed by atoms with Crippen LogP contribution in [0.3, 0.4) is 0 Å². The van der Waals surface area contributed by atoms with Crippen molar-refractivity contribution in [2.75, 3.05) is 13.2 Å². The summed E-state index contributed by atoms with van der Waals surface area (Å²) in [5.74, 6) is 0. The highest BCUT2D eigenvalue weighted by Crippen LogP contribution is 2.50. The van der Waals surface area contributed by atoms with Crippen molar-refractivity contribution in [2.24, 2.45) is 0 Å². The average molecular weight is 387 g/mol. The van der Waals surface area contributed by atoms with Gasteiger partial charge in [0.25, 0.3) is 0 Å². The first kappa shape index (κ1) is 17.8. The Morgan fingerprint density at radius 2 is 1.19 bits per heavy atom. The van der Waals surface area contributed by atoms with E-state index in [1.54, 1.807) is 0 Å². The molecule has 0 unspecified atom stereocenters. The van der Waals surface area contributed by atoms with Crippen molar-refractivity contribution in [3.8, 4) is 11.1 Å². The molecule has 0 N–H and O–H groups in total. The molecule has 26 heavy (non-hydrogen) atoms. The molecule has 134 valence electrons. The molecule has 0 saturated heterocycles. The third kappa shape index (κ3) is 2.82. The van der Waals surface area contributed by atoms with Crippen molar-refractivity contribution < 1.29 is 9.47 Å². The van der Waals surface area contributed by atoms with E-state index in [0.29, 0.717) is 23.3 Å². The van der Waals surface area contributed by atoms with Gasteiger partial charge in [0.15, 0.2) is 0 Å². The van der Waals surface area contributed by atoms with E-state index in [1.165, 1.54) is 0 Å². The predicted octanol–water partition coefficient (Wildman–Crippen LogP) is 6.70. The van der Waals surface area contributed by atoms with Crippen LogP contribution in [0.15, 0.2) is 46.5 Å². The van der Waals surface area contributed by atoms with E-state index < -0.39 is 0 Å². The van der Waals surface area contributed by atoms with Crippen LogP contribution in [-0.4, -0.2) is 13.2 Å². The monoisotopic (exact) mass is 386 g/mol. The maximum atomic E-state index is 6.68. The van der Waals surface area contributed by atoms with Crippen LogP contribution in [0.2, 0.25) is 0 Å². The minimum absolute atomic E-state index is 0.295. The van der Waals surface area contributed by atoms with E-state index in [2.05, 4.69) is 24.3 Å². The van der Waals surface area contributed by atoms with Gasteiger partial charge in [0.05, 0.1) is 10.1 Å². The van der Waals surface area contributed by atoms with Crippen molar-refractivity contribution in [3.63, 3.8) is 0 Å². The van der Waals surface area contributed by atoms with Gasteiger partial charge in [-0.1, -0.05) is 59.6 Å². The zero-order valence-electron chi connectivity index (χ0n) is 14.8. The number of rotatable bonds is 4. The zero-order valence-corrected chi connectivity index (χ0v) is 16.3. The van der Waals surface area contributed by atoms with Crippen LogP contribution in [0, 0.1) is 0 Å². The molecule has 0 spiro atoms. The fraction of sp³-hybridized carbons (Fsp3) is 0.273. The fourth-order valence-corrected chi connectivity index (χ4v) is 4.45. The van der Waals surface area contributed by atoms with E-state index in [0.717, 1.165) is 33.4 Å². The molecule has 2 aliphatic carbocycles. The second kappa shape index (κ2) is 7.21. The minimum Gasteiger partial charge on any atom is -0.368 e. The fourth-order valence-electron chi connectivity index (χ4n) is 3.85. The van der Waals surface area contributed by atoms with E-state index >= 15 is 0 Å². The topological polar surface area (TPSA) is 18.5 Å². The first-order valence-electron chi connectivity index (χ1n) is 8.89. The number of hydrogen-bond donors (Lipinski definition) is 0. The Hall–Kier alpha value is -1.58. The lowest BCUT2D eigenvalue weighted by Gasteiger charge is -2.24. The van der Waals surface area contributed by atoms with Gasteiger partial charge < -0.3 is 9.47 Å². The lowest BCUT2D eigenvalue weighted by Crippen LogP contribution is -2.10. The van der Waals surface area contributed by atoms with E-state index in [1.807, 2.05) is 38.1 Å². The molecule has 4 rings (SSSR count). The van der Waals surface area contributed by atoms with Gasteiger partial charge in [-0.15, -0.1) is 0 Å². The molecule has 2 atom stereocenters. The Morgan fingerprint density at radius 3 is 1.65 bits per heavy atom. The second-order valence-corrected chi connectivity index (χ2v) is 7.23. The Morgan fingerprint density at radius 1 is 0.731 bits per heavy atom. The number of ether oxygens (including phenoxy) is 2. The molecule has 0 aliphatic heterocycles. The average Bonchev–Trinajstić information content (AvgIpc) is 2.83. The van der Waals surface area contributed by atoms with Gasteiger partial charge in [0.2, 0.25) is 0 Å². The summed E-state index contributed by atoms with van der Waals surface area (Å²) in [6.07, 6.45) is 3.42. The summed E-state index contributed by atoms with van der Waals surface area (Å²) in [4.78, 5) is 0. The van der Waals surface area contributed by atoms with Gasteiger partial charge in [0.1, 0.15) is 12.2 Å². The third-order valence-electron chi connectivity index (χ3n) is 4.83. The molecular formula is C22H20Cl2O2. The normalized spacial score (nSPS) is 20.6. The van der Waals surface area contributed by atoms with E-state index in [4.69, 9.17) is 32.7 Å². The lowest BCUT2D eigenvalue weighted by molar-refractivity contribution is 0.0907. The van der Waals surface area contributed by atoms with Crippen molar-refractivity contribution in [1.82, 2.24) is 0 Å². The summed E-state index contributed by atoms with van der Waals surface area (Å²) < 4.78 is 12.0. The van der Waals surface area contributed by atoms with Gasteiger partial charge in [0, 0.05) is 13.2 Å². The van der Waals surface area contributed by atoms with Crippen LogP contribution in [-0.2, 0) is 9.47 Å². The molecule has 2 aromatic rings. The second-order valence-electron chi connectivity index (χ2n) is 6.35. The summed E-state index contributed by atoms with van der Waals surface area (Å²) in [6, 6.07) is 12.4. The first-order chi connectivity index (χ1) is 12.7. The maximum absolute atomic E-state index is 6.68. The third-order valence-corrected chi connectivity index (χ3v) is 5.44. The van der Waals surface area contributed by atoms with Gasteiger partial charge in [-0.25, -0.2) is 0 Å². The molecule has 2 aliphatic rings. The van der Waals surface area contributed by atoms with Crippen molar-refractivity contribution in [3.05, 3.63) is 68.7 Å². The van der Waals surface area contributed by atoms with Crippen LogP contribution >= 0.6 is 23.2 Å². The Balaban J connectivity index is 2.10. The number of halogens is 2. The first-order valence-corrected chi connectivity index (χ1v) is 9.64. The predicted molar refractivity (Wildman–Crippen MR) is 108 cm³/mol. The summed E-state index contributed by atoms with van der Waals surface area (Å²) in [7, 11) is 0. The Labute approximate surface area is 164 Å². The highest BCUT2D eigenvalue weighted by molar-refractivity contribution is 6.33. The van der Waals surface area contributed by atoms with Gasteiger partial charge in [-0.05, 0) is 59.4 Å². The molecule has 4 heteroatoms. The Kier molecular flexibility index (Phi) is 4.94. The number of benzene rings is 2. The molecule has 2 nitrogen and oxygen atoms in total. The summed E-state index contributed by atoms with van der Waals surface area (Å²) in [6.45, 7) is 5.12. The molecule has 0 radical (unpaired) electrons. The van der Waals surface area contributed by atoms with Gasteiger partial charge in [-0.2, -0.15) is 0 Å². The van der Waals surface area contributed by atoms with Crippen LogP contribution in [0.4, 0.5) is 0 Å². The smallest absolute Gasteiger partial charge is 0.119 e. The Bertz CT molecular complexity index is 848. The van der Waals surface area contributed by atoms with Gasteiger partial charge in [-0.3, -0.25) is 0 Å². The summed E-state index contributed by atoms with van der Waals surface area (Å²) in [5, 5.41) is 1.37. The number of hydrogen-bond acceptors (Lipinski definition) is 2. The van der Waals surface area contributed by atoms with Crippen LogP contribution in [0.1, 0.15) is 48.3 Å². The van der Waals surface area contributed by atoms with Crippen molar-refractivity contribution >= 4 is 35.4 Å². The molecular weight excluding hydrogens is 367 g/mol. The van der Waals surface area contributed by atoms with E-state index in [9.17, 15) is 0 Å². The largest absolute Gasteiger partial charge is 0.368 e.